The van der Waals surface area contributed by atoms with Gasteiger partial charge in [0.05, 0.1) is 5.25 Å². The molecule has 3 rings (SSSR count). The van der Waals surface area contributed by atoms with E-state index in [1.807, 2.05) is 41.8 Å². The molecular formula is C22H23FN4OS. The molecule has 2 aromatic carbocycles. The Balaban J connectivity index is 1.75. The number of rotatable bonds is 8. The van der Waals surface area contributed by atoms with Gasteiger partial charge in [-0.3, -0.25) is 9.36 Å². The summed E-state index contributed by atoms with van der Waals surface area (Å²) in [4.78, 5) is 14.5. The zero-order valence-electron chi connectivity index (χ0n) is 16.5. The molecule has 0 saturated heterocycles. The highest BCUT2D eigenvalue weighted by molar-refractivity contribution is 8.00. The Bertz CT molecular complexity index is 972. The average Bonchev–Trinajstić information content (AvgIpc) is 3.11. The van der Waals surface area contributed by atoms with Crippen molar-refractivity contribution in [3.05, 3.63) is 78.6 Å². The Morgan fingerprint density at radius 3 is 2.55 bits per heavy atom. The fourth-order valence-electron chi connectivity index (χ4n) is 2.94. The molecule has 0 aliphatic carbocycles. The summed E-state index contributed by atoms with van der Waals surface area (Å²) in [6.45, 7) is 6.69. The third-order valence-electron chi connectivity index (χ3n) is 4.40. The molecule has 0 radical (unpaired) electrons. The first kappa shape index (κ1) is 20.8. The molecule has 0 aliphatic rings. The maximum absolute atomic E-state index is 13.2. The van der Waals surface area contributed by atoms with Crippen LogP contribution in [-0.4, -0.2) is 37.9 Å². The molecule has 1 atom stereocenters. The average molecular weight is 411 g/mol. The fraction of sp³-hybridized carbons (Fsp3) is 0.227. The molecule has 0 bridgehead atoms. The lowest BCUT2D eigenvalue weighted by molar-refractivity contribution is -0.129. The molecule has 0 saturated carbocycles. The van der Waals surface area contributed by atoms with Crippen molar-refractivity contribution >= 4 is 17.7 Å². The number of allylic oxidation sites excluding steroid dienone is 1. The summed E-state index contributed by atoms with van der Waals surface area (Å²) in [5, 5.41) is 8.81. The van der Waals surface area contributed by atoms with E-state index in [-0.39, 0.29) is 17.0 Å². The van der Waals surface area contributed by atoms with Gasteiger partial charge in [-0.15, -0.1) is 16.8 Å². The number of thioether (sulfide) groups is 1. The summed E-state index contributed by atoms with van der Waals surface area (Å²) >= 11 is 1.35. The second kappa shape index (κ2) is 9.52. The van der Waals surface area contributed by atoms with Gasteiger partial charge < -0.3 is 4.90 Å². The third-order valence-corrected chi connectivity index (χ3v) is 5.47. The van der Waals surface area contributed by atoms with Crippen LogP contribution in [0.2, 0.25) is 0 Å². The standard InChI is InChI=1S/C22H23FN4OS/c1-4-14-27-20(18-10-12-19(23)13-11-18)24-25-22(27)29-16(2)21(28)26(3)15-17-8-6-5-7-9-17/h4-13,16H,1,14-15H2,2-3H3/t16-/m0/s1. The van der Waals surface area contributed by atoms with E-state index in [2.05, 4.69) is 16.8 Å². The first-order valence-corrected chi connectivity index (χ1v) is 10.1. The largest absolute Gasteiger partial charge is 0.340 e. The quantitative estimate of drug-likeness (QED) is 0.408. The zero-order valence-corrected chi connectivity index (χ0v) is 17.3. The van der Waals surface area contributed by atoms with Gasteiger partial charge in [-0.25, -0.2) is 4.39 Å². The molecule has 1 amide bonds. The van der Waals surface area contributed by atoms with Crippen molar-refractivity contribution in [3.63, 3.8) is 0 Å². The first-order valence-electron chi connectivity index (χ1n) is 9.25. The Hall–Kier alpha value is -2.93. The Labute approximate surface area is 174 Å². The van der Waals surface area contributed by atoms with Crippen molar-refractivity contribution in [2.45, 2.75) is 30.4 Å². The molecule has 5 nitrogen and oxygen atoms in total. The molecule has 0 spiro atoms. The number of nitrogens with zero attached hydrogens (tertiary/aromatic N) is 4. The van der Waals surface area contributed by atoms with Crippen LogP contribution in [0.25, 0.3) is 11.4 Å². The number of carbonyl (C=O) groups is 1. The third kappa shape index (κ3) is 5.12. The minimum absolute atomic E-state index is 0.00957. The van der Waals surface area contributed by atoms with Gasteiger partial charge in [-0.2, -0.15) is 0 Å². The lowest BCUT2D eigenvalue weighted by Crippen LogP contribution is -2.33. The van der Waals surface area contributed by atoms with Crippen LogP contribution >= 0.6 is 11.8 Å². The van der Waals surface area contributed by atoms with Crippen molar-refractivity contribution in [3.8, 4) is 11.4 Å². The van der Waals surface area contributed by atoms with E-state index >= 15 is 0 Å². The van der Waals surface area contributed by atoms with Gasteiger partial charge in [-0.1, -0.05) is 48.2 Å². The van der Waals surface area contributed by atoms with Crippen LogP contribution in [0, 0.1) is 5.82 Å². The molecule has 3 aromatic rings. The smallest absolute Gasteiger partial charge is 0.235 e. The van der Waals surface area contributed by atoms with Crippen molar-refractivity contribution in [1.29, 1.82) is 0 Å². The number of hydrogen-bond donors (Lipinski definition) is 0. The maximum atomic E-state index is 13.2. The van der Waals surface area contributed by atoms with Gasteiger partial charge in [0.2, 0.25) is 5.91 Å². The Morgan fingerprint density at radius 2 is 1.90 bits per heavy atom. The number of aromatic nitrogens is 3. The van der Waals surface area contributed by atoms with Crippen LogP contribution < -0.4 is 0 Å². The number of halogens is 1. The van der Waals surface area contributed by atoms with Crippen LogP contribution in [0.15, 0.2) is 72.4 Å². The van der Waals surface area contributed by atoms with E-state index in [0.29, 0.717) is 24.1 Å². The van der Waals surface area contributed by atoms with E-state index in [0.717, 1.165) is 11.1 Å². The summed E-state index contributed by atoms with van der Waals surface area (Å²) < 4.78 is 15.1. The summed E-state index contributed by atoms with van der Waals surface area (Å²) in [5.41, 5.74) is 1.83. The first-order chi connectivity index (χ1) is 14.0. The highest BCUT2D eigenvalue weighted by Crippen LogP contribution is 2.28. The molecule has 0 aliphatic heterocycles. The van der Waals surface area contributed by atoms with E-state index in [1.165, 1.54) is 23.9 Å². The molecule has 29 heavy (non-hydrogen) atoms. The van der Waals surface area contributed by atoms with Gasteiger partial charge in [0.1, 0.15) is 5.82 Å². The summed E-state index contributed by atoms with van der Waals surface area (Å²) in [7, 11) is 1.80. The lowest BCUT2D eigenvalue weighted by atomic mass is 10.2. The van der Waals surface area contributed by atoms with Crippen LogP contribution in [-0.2, 0) is 17.9 Å². The number of carbonyl (C=O) groups excluding carboxylic acids is 1. The summed E-state index contributed by atoms with van der Waals surface area (Å²) in [5.74, 6) is 0.318. The van der Waals surface area contributed by atoms with E-state index in [9.17, 15) is 9.18 Å². The molecule has 7 heteroatoms. The molecule has 1 heterocycles. The maximum Gasteiger partial charge on any atom is 0.235 e. The van der Waals surface area contributed by atoms with Crippen molar-refractivity contribution in [1.82, 2.24) is 19.7 Å². The Morgan fingerprint density at radius 1 is 1.21 bits per heavy atom. The fourth-order valence-corrected chi connectivity index (χ4v) is 3.91. The number of hydrogen-bond acceptors (Lipinski definition) is 4. The predicted molar refractivity (Wildman–Crippen MR) is 114 cm³/mol. The molecule has 0 unspecified atom stereocenters. The lowest BCUT2D eigenvalue weighted by Gasteiger charge is -2.21. The summed E-state index contributed by atoms with van der Waals surface area (Å²) in [6.07, 6.45) is 1.74. The molecular weight excluding hydrogens is 387 g/mol. The van der Waals surface area contributed by atoms with Gasteiger partial charge in [0.15, 0.2) is 11.0 Å². The van der Waals surface area contributed by atoms with Crippen molar-refractivity contribution in [2.75, 3.05) is 7.05 Å². The van der Waals surface area contributed by atoms with E-state index in [1.54, 1.807) is 30.2 Å². The van der Waals surface area contributed by atoms with Crippen LogP contribution in [0.4, 0.5) is 4.39 Å². The molecule has 0 fully saturated rings. The highest BCUT2D eigenvalue weighted by Gasteiger charge is 2.23. The van der Waals surface area contributed by atoms with Gasteiger partial charge in [-0.05, 0) is 36.8 Å². The predicted octanol–water partition coefficient (Wildman–Crippen LogP) is 4.41. The van der Waals surface area contributed by atoms with E-state index < -0.39 is 0 Å². The van der Waals surface area contributed by atoms with Crippen LogP contribution in [0.1, 0.15) is 12.5 Å². The minimum Gasteiger partial charge on any atom is -0.340 e. The van der Waals surface area contributed by atoms with Crippen molar-refractivity contribution < 1.29 is 9.18 Å². The van der Waals surface area contributed by atoms with Gasteiger partial charge in [0, 0.05) is 25.7 Å². The molecule has 1 aromatic heterocycles. The SMILES string of the molecule is C=CCn1c(S[C@@H](C)C(=O)N(C)Cc2ccccc2)nnc1-c1ccc(F)cc1. The Kier molecular flexibility index (Phi) is 6.82. The van der Waals surface area contributed by atoms with E-state index in [4.69, 9.17) is 0 Å². The van der Waals surface area contributed by atoms with Crippen molar-refractivity contribution in [2.24, 2.45) is 0 Å². The van der Waals surface area contributed by atoms with Gasteiger partial charge >= 0.3 is 0 Å². The second-order valence-electron chi connectivity index (χ2n) is 6.65. The molecule has 150 valence electrons. The normalized spacial score (nSPS) is 11.8. The highest BCUT2D eigenvalue weighted by atomic mass is 32.2. The van der Waals surface area contributed by atoms with Gasteiger partial charge in [0.25, 0.3) is 0 Å². The number of benzene rings is 2. The molecule has 0 N–H and O–H groups in total. The second-order valence-corrected chi connectivity index (χ2v) is 7.96. The monoisotopic (exact) mass is 410 g/mol. The minimum atomic E-state index is -0.336. The topological polar surface area (TPSA) is 51.0 Å². The zero-order chi connectivity index (χ0) is 20.8. The van der Waals surface area contributed by atoms with Crippen LogP contribution in [0.5, 0.6) is 0 Å². The summed E-state index contributed by atoms with van der Waals surface area (Å²) in [6, 6.07) is 16.0. The number of amides is 1. The van der Waals surface area contributed by atoms with Crippen LogP contribution in [0.3, 0.4) is 0 Å².